The number of hydrogen-bond acceptors (Lipinski definition) is 3. The summed E-state index contributed by atoms with van der Waals surface area (Å²) in [6.07, 6.45) is 2.71. The van der Waals surface area contributed by atoms with Crippen LogP contribution in [-0.4, -0.2) is 37.4 Å². The molecule has 0 saturated heterocycles. The summed E-state index contributed by atoms with van der Waals surface area (Å²) >= 11 is 3.47. The molecule has 1 aromatic carbocycles. The first-order valence-electron chi connectivity index (χ1n) is 6.61. The lowest BCUT2D eigenvalue weighted by Crippen LogP contribution is -2.27. The van der Waals surface area contributed by atoms with Crippen LogP contribution in [0.3, 0.4) is 0 Å². The molecule has 0 heterocycles. The summed E-state index contributed by atoms with van der Waals surface area (Å²) < 4.78 is 6.25. The number of carbonyl (C=O) groups is 1. The Labute approximate surface area is 128 Å². The lowest BCUT2D eigenvalue weighted by molar-refractivity contribution is -0.131. The van der Waals surface area contributed by atoms with Crippen molar-refractivity contribution in [3.63, 3.8) is 0 Å². The van der Waals surface area contributed by atoms with Crippen molar-refractivity contribution in [3.8, 4) is 0 Å². The molecular formula is C15H20BrNO3. The van der Waals surface area contributed by atoms with Crippen molar-refractivity contribution in [1.29, 1.82) is 0 Å². The van der Waals surface area contributed by atoms with Gasteiger partial charge in [-0.25, -0.2) is 4.79 Å². The summed E-state index contributed by atoms with van der Waals surface area (Å²) in [5, 5.41) is 8.64. The van der Waals surface area contributed by atoms with Crippen molar-refractivity contribution in [2.45, 2.75) is 13.8 Å². The van der Waals surface area contributed by atoms with Crippen LogP contribution < -0.4 is 4.90 Å². The molecule has 0 radical (unpaired) electrons. The van der Waals surface area contributed by atoms with Crippen LogP contribution in [0.2, 0.25) is 0 Å². The fourth-order valence-electron chi connectivity index (χ4n) is 1.80. The highest BCUT2D eigenvalue weighted by molar-refractivity contribution is 9.10. The van der Waals surface area contributed by atoms with Gasteiger partial charge in [0.1, 0.15) is 0 Å². The first-order chi connectivity index (χ1) is 9.58. The molecule has 0 atom stereocenters. The summed E-state index contributed by atoms with van der Waals surface area (Å²) in [7, 11) is 0. The Morgan fingerprint density at radius 2 is 2.20 bits per heavy atom. The maximum absolute atomic E-state index is 10.5. The SMILES string of the molecule is CCOCCN(CC)c1ccc(/C=C/C(=O)O)c(Br)c1. The fourth-order valence-corrected chi connectivity index (χ4v) is 2.30. The van der Waals surface area contributed by atoms with E-state index < -0.39 is 5.97 Å². The summed E-state index contributed by atoms with van der Waals surface area (Å²) in [4.78, 5) is 12.7. The molecule has 0 fully saturated rings. The Hall–Kier alpha value is -1.33. The van der Waals surface area contributed by atoms with Crippen LogP contribution in [-0.2, 0) is 9.53 Å². The average Bonchev–Trinajstić information content (AvgIpc) is 2.42. The highest BCUT2D eigenvalue weighted by atomic mass is 79.9. The number of carboxylic acids is 1. The maximum atomic E-state index is 10.5. The Morgan fingerprint density at radius 1 is 1.45 bits per heavy atom. The molecule has 5 heteroatoms. The highest BCUT2D eigenvalue weighted by Gasteiger charge is 2.06. The minimum Gasteiger partial charge on any atom is -0.478 e. The topological polar surface area (TPSA) is 49.8 Å². The Kier molecular flexibility index (Phi) is 7.33. The predicted molar refractivity (Wildman–Crippen MR) is 85.2 cm³/mol. The van der Waals surface area contributed by atoms with Crippen LogP contribution in [0.25, 0.3) is 6.08 Å². The third kappa shape index (κ3) is 5.35. The van der Waals surface area contributed by atoms with Gasteiger partial charge in [0.2, 0.25) is 0 Å². The van der Waals surface area contributed by atoms with E-state index in [4.69, 9.17) is 9.84 Å². The molecule has 4 nitrogen and oxygen atoms in total. The number of rotatable bonds is 8. The number of likely N-dealkylation sites (N-methyl/N-ethyl adjacent to an activating group) is 1. The largest absolute Gasteiger partial charge is 0.478 e. The van der Waals surface area contributed by atoms with Crippen molar-refractivity contribution in [2.75, 3.05) is 31.2 Å². The standard InChI is InChI=1S/C15H20BrNO3/c1-3-17(9-10-20-4-2)13-7-5-12(14(16)11-13)6-8-15(18)19/h5-8,11H,3-4,9-10H2,1-2H3,(H,18,19)/b8-6+. The van der Waals surface area contributed by atoms with E-state index in [0.717, 1.165) is 41.5 Å². The number of hydrogen-bond donors (Lipinski definition) is 1. The monoisotopic (exact) mass is 341 g/mol. The van der Waals surface area contributed by atoms with Gasteiger partial charge in [0, 0.05) is 35.9 Å². The molecule has 110 valence electrons. The molecule has 1 aromatic rings. The zero-order valence-electron chi connectivity index (χ0n) is 11.8. The third-order valence-electron chi connectivity index (χ3n) is 2.85. The van der Waals surface area contributed by atoms with E-state index in [-0.39, 0.29) is 0 Å². The molecule has 0 saturated carbocycles. The second-order valence-corrected chi connectivity index (χ2v) is 5.01. The predicted octanol–water partition coefficient (Wildman–Crippen LogP) is 3.41. The van der Waals surface area contributed by atoms with Crippen molar-refractivity contribution >= 4 is 33.7 Å². The molecule has 0 unspecified atom stereocenters. The van der Waals surface area contributed by atoms with E-state index in [1.54, 1.807) is 6.08 Å². The van der Waals surface area contributed by atoms with Gasteiger partial charge in [0.15, 0.2) is 0 Å². The van der Waals surface area contributed by atoms with Crippen LogP contribution in [0.15, 0.2) is 28.7 Å². The number of nitrogens with zero attached hydrogens (tertiary/aromatic N) is 1. The first-order valence-corrected chi connectivity index (χ1v) is 7.41. The summed E-state index contributed by atoms with van der Waals surface area (Å²) in [6, 6.07) is 5.89. The van der Waals surface area contributed by atoms with Gasteiger partial charge in [-0.3, -0.25) is 0 Å². The minimum atomic E-state index is -0.951. The van der Waals surface area contributed by atoms with Crippen molar-refractivity contribution in [2.24, 2.45) is 0 Å². The number of anilines is 1. The zero-order chi connectivity index (χ0) is 15.0. The van der Waals surface area contributed by atoms with Crippen molar-refractivity contribution in [1.82, 2.24) is 0 Å². The molecule has 0 aromatic heterocycles. The van der Waals surface area contributed by atoms with Gasteiger partial charge in [-0.15, -0.1) is 0 Å². The summed E-state index contributed by atoms with van der Waals surface area (Å²) in [5.74, 6) is -0.951. The molecule has 0 spiro atoms. The molecule has 0 aliphatic rings. The molecule has 20 heavy (non-hydrogen) atoms. The Bertz CT molecular complexity index is 474. The van der Waals surface area contributed by atoms with E-state index >= 15 is 0 Å². The number of ether oxygens (including phenoxy) is 1. The van der Waals surface area contributed by atoms with Crippen LogP contribution in [0.5, 0.6) is 0 Å². The number of benzene rings is 1. The van der Waals surface area contributed by atoms with Crippen LogP contribution in [0.1, 0.15) is 19.4 Å². The number of halogens is 1. The summed E-state index contributed by atoms with van der Waals surface area (Å²) in [5.41, 5.74) is 1.93. The van der Waals surface area contributed by atoms with Gasteiger partial charge in [-0.2, -0.15) is 0 Å². The molecule has 1 N–H and O–H groups in total. The van der Waals surface area contributed by atoms with Crippen molar-refractivity contribution < 1.29 is 14.6 Å². The minimum absolute atomic E-state index is 0.697. The molecule has 0 amide bonds. The van der Waals surface area contributed by atoms with Gasteiger partial charge >= 0.3 is 5.97 Å². The third-order valence-corrected chi connectivity index (χ3v) is 3.53. The molecular weight excluding hydrogens is 322 g/mol. The zero-order valence-corrected chi connectivity index (χ0v) is 13.4. The smallest absolute Gasteiger partial charge is 0.328 e. The van der Waals surface area contributed by atoms with E-state index in [1.165, 1.54) is 0 Å². The van der Waals surface area contributed by atoms with Gasteiger partial charge in [0.25, 0.3) is 0 Å². The second kappa shape index (κ2) is 8.76. The van der Waals surface area contributed by atoms with E-state index in [9.17, 15) is 4.79 Å². The van der Waals surface area contributed by atoms with E-state index in [1.807, 2.05) is 25.1 Å². The van der Waals surface area contributed by atoms with Crippen molar-refractivity contribution in [3.05, 3.63) is 34.3 Å². The highest BCUT2D eigenvalue weighted by Crippen LogP contribution is 2.25. The normalized spacial score (nSPS) is 10.9. The van der Waals surface area contributed by atoms with Crippen LogP contribution in [0, 0.1) is 0 Å². The second-order valence-electron chi connectivity index (χ2n) is 4.15. The molecule has 0 aliphatic heterocycles. The first kappa shape index (κ1) is 16.7. The van der Waals surface area contributed by atoms with Gasteiger partial charge in [0.05, 0.1) is 6.61 Å². The molecule has 1 rings (SSSR count). The van der Waals surface area contributed by atoms with Crippen LogP contribution >= 0.6 is 15.9 Å². The van der Waals surface area contributed by atoms with Gasteiger partial charge < -0.3 is 14.7 Å². The lowest BCUT2D eigenvalue weighted by Gasteiger charge is -2.23. The lowest BCUT2D eigenvalue weighted by atomic mass is 10.2. The fraction of sp³-hybridized carbons (Fsp3) is 0.400. The van der Waals surface area contributed by atoms with Gasteiger partial charge in [-0.05, 0) is 37.6 Å². The molecule has 0 bridgehead atoms. The Morgan fingerprint density at radius 3 is 2.75 bits per heavy atom. The maximum Gasteiger partial charge on any atom is 0.328 e. The van der Waals surface area contributed by atoms with Crippen LogP contribution in [0.4, 0.5) is 5.69 Å². The molecule has 0 aliphatic carbocycles. The van der Waals surface area contributed by atoms with E-state index in [2.05, 4.69) is 27.8 Å². The van der Waals surface area contributed by atoms with Gasteiger partial charge in [-0.1, -0.05) is 22.0 Å². The summed E-state index contributed by atoms with van der Waals surface area (Å²) in [6.45, 7) is 7.22. The Balaban J connectivity index is 2.81. The number of aliphatic carboxylic acids is 1. The van der Waals surface area contributed by atoms with E-state index in [0.29, 0.717) is 6.61 Å². The quantitative estimate of drug-likeness (QED) is 0.581. The number of carboxylic acid groups (broad SMARTS) is 1. The average molecular weight is 342 g/mol.